The van der Waals surface area contributed by atoms with Crippen LogP contribution in [0.1, 0.15) is 11.1 Å². The number of amides is 1. The first-order valence-electron chi connectivity index (χ1n) is 5.26. The fraction of sp³-hybridized carbons (Fsp3) is 0.0714. The third-order valence-electron chi connectivity index (χ3n) is 2.62. The van der Waals surface area contributed by atoms with Gasteiger partial charge in [-0.15, -0.1) is 6.42 Å². The van der Waals surface area contributed by atoms with Gasteiger partial charge in [-0.3, -0.25) is 0 Å². The molecule has 18 heavy (non-hydrogen) atoms. The number of nitrogens with one attached hydrogen (secondary N) is 1. The van der Waals surface area contributed by atoms with Crippen molar-refractivity contribution >= 4 is 16.9 Å². The first kappa shape index (κ1) is 11.9. The minimum absolute atomic E-state index is 0.202. The number of benzene rings is 2. The molecule has 2 N–H and O–H groups in total. The van der Waals surface area contributed by atoms with Crippen molar-refractivity contribution in [3.8, 4) is 12.3 Å². The summed E-state index contributed by atoms with van der Waals surface area (Å²) in [5, 5.41) is 12.2. The lowest BCUT2D eigenvalue weighted by molar-refractivity contribution is 0.194. The molecule has 0 heterocycles. The zero-order chi connectivity index (χ0) is 13.1. The van der Waals surface area contributed by atoms with E-state index in [1.165, 1.54) is 6.07 Å². The molecule has 0 aromatic heterocycles. The van der Waals surface area contributed by atoms with Crippen LogP contribution in [0.3, 0.4) is 0 Å². The van der Waals surface area contributed by atoms with E-state index >= 15 is 0 Å². The number of fused-ring (bicyclic) bond motifs is 1. The zero-order valence-corrected chi connectivity index (χ0v) is 9.40. The van der Waals surface area contributed by atoms with Gasteiger partial charge < -0.3 is 10.4 Å². The summed E-state index contributed by atoms with van der Waals surface area (Å²) in [5.74, 6) is 1.89. The SMILES string of the molecule is C#Cc1c(F)ccc2cc(CNC(=O)O)ccc12. The summed E-state index contributed by atoms with van der Waals surface area (Å²) < 4.78 is 13.4. The number of carbonyl (C=O) groups is 1. The van der Waals surface area contributed by atoms with Crippen molar-refractivity contribution in [1.82, 2.24) is 5.32 Å². The fourth-order valence-corrected chi connectivity index (χ4v) is 1.79. The Balaban J connectivity index is 2.45. The van der Waals surface area contributed by atoms with Crippen molar-refractivity contribution in [2.75, 3.05) is 0 Å². The number of carboxylic acid groups (broad SMARTS) is 1. The van der Waals surface area contributed by atoms with Crippen LogP contribution in [0.4, 0.5) is 9.18 Å². The first-order chi connectivity index (χ1) is 8.61. The molecule has 0 aliphatic heterocycles. The summed E-state index contributed by atoms with van der Waals surface area (Å²) in [5.41, 5.74) is 1.02. The largest absolute Gasteiger partial charge is 0.465 e. The molecule has 0 spiro atoms. The molecule has 0 bridgehead atoms. The Bertz CT molecular complexity index is 659. The summed E-state index contributed by atoms with van der Waals surface area (Å²) >= 11 is 0. The molecule has 1 amide bonds. The number of hydrogen-bond donors (Lipinski definition) is 2. The molecule has 0 atom stereocenters. The first-order valence-corrected chi connectivity index (χ1v) is 5.26. The number of hydrogen-bond acceptors (Lipinski definition) is 1. The molecular weight excluding hydrogens is 233 g/mol. The van der Waals surface area contributed by atoms with Crippen molar-refractivity contribution in [2.24, 2.45) is 0 Å². The molecule has 0 saturated carbocycles. The second kappa shape index (κ2) is 4.76. The van der Waals surface area contributed by atoms with Crippen LogP contribution >= 0.6 is 0 Å². The van der Waals surface area contributed by atoms with Crippen LogP contribution in [-0.2, 0) is 6.54 Å². The lowest BCUT2D eigenvalue weighted by atomic mass is 10.0. The highest BCUT2D eigenvalue weighted by Crippen LogP contribution is 2.22. The lowest BCUT2D eigenvalue weighted by Gasteiger charge is -2.06. The molecular formula is C14H10FNO2. The Labute approximate surface area is 103 Å². The Morgan fingerprint density at radius 3 is 2.83 bits per heavy atom. The van der Waals surface area contributed by atoms with Gasteiger partial charge in [0, 0.05) is 11.9 Å². The zero-order valence-electron chi connectivity index (χ0n) is 9.40. The van der Waals surface area contributed by atoms with E-state index in [1.54, 1.807) is 24.3 Å². The molecule has 0 unspecified atom stereocenters. The molecule has 0 aliphatic carbocycles. The van der Waals surface area contributed by atoms with E-state index in [0.29, 0.717) is 5.39 Å². The summed E-state index contributed by atoms with van der Waals surface area (Å²) in [4.78, 5) is 10.4. The van der Waals surface area contributed by atoms with Crippen LogP contribution in [0, 0.1) is 18.2 Å². The highest BCUT2D eigenvalue weighted by molar-refractivity contribution is 5.88. The maximum atomic E-state index is 13.4. The molecule has 90 valence electrons. The van der Waals surface area contributed by atoms with E-state index in [2.05, 4.69) is 11.2 Å². The maximum Gasteiger partial charge on any atom is 0.404 e. The van der Waals surface area contributed by atoms with Gasteiger partial charge >= 0.3 is 6.09 Å². The quantitative estimate of drug-likeness (QED) is 0.797. The van der Waals surface area contributed by atoms with Crippen molar-refractivity contribution in [2.45, 2.75) is 6.54 Å². The Hall–Kier alpha value is -2.54. The summed E-state index contributed by atoms with van der Waals surface area (Å²) in [6.45, 7) is 0.202. The van der Waals surface area contributed by atoms with Crippen LogP contribution in [0.5, 0.6) is 0 Å². The molecule has 3 nitrogen and oxygen atoms in total. The minimum Gasteiger partial charge on any atom is -0.465 e. The maximum absolute atomic E-state index is 13.4. The lowest BCUT2D eigenvalue weighted by Crippen LogP contribution is -2.19. The average Bonchev–Trinajstić information content (AvgIpc) is 2.36. The molecule has 4 heteroatoms. The molecule has 0 aliphatic rings. The van der Waals surface area contributed by atoms with E-state index in [9.17, 15) is 9.18 Å². The van der Waals surface area contributed by atoms with Gasteiger partial charge in [-0.2, -0.15) is 0 Å². The summed E-state index contributed by atoms with van der Waals surface area (Å²) in [6.07, 6.45) is 4.19. The molecule has 0 saturated heterocycles. The average molecular weight is 243 g/mol. The van der Waals surface area contributed by atoms with E-state index in [1.807, 2.05) is 0 Å². The van der Waals surface area contributed by atoms with E-state index in [0.717, 1.165) is 10.9 Å². The van der Waals surface area contributed by atoms with Crippen LogP contribution in [0.2, 0.25) is 0 Å². The number of rotatable bonds is 2. The van der Waals surface area contributed by atoms with Crippen molar-refractivity contribution in [1.29, 1.82) is 0 Å². The van der Waals surface area contributed by atoms with Gasteiger partial charge in [0.2, 0.25) is 0 Å². The Morgan fingerprint density at radius 2 is 2.17 bits per heavy atom. The van der Waals surface area contributed by atoms with Crippen LogP contribution < -0.4 is 5.32 Å². The monoisotopic (exact) mass is 243 g/mol. The molecule has 2 aromatic carbocycles. The predicted molar refractivity (Wildman–Crippen MR) is 66.7 cm³/mol. The van der Waals surface area contributed by atoms with Crippen LogP contribution in [-0.4, -0.2) is 11.2 Å². The second-order valence-corrected chi connectivity index (χ2v) is 3.78. The van der Waals surface area contributed by atoms with Gasteiger partial charge in [0.25, 0.3) is 0 Å². The third-order valence-corrected chi connectivity index (χ3v) is 2.62. The fourth-order valence-electron chi connectivity index (χ4n) is 1.79. The van der Waals surface area contributed by atoms with Crippen LogP contribution in [0.25, 0.3) is 10.8 Å². The molecule has 2 aromatic rings. The highest BCUT2D eigenvalue weighted by atomic mass is 19.1. The molecule has 2 rings (SSSR count). The summed E-state index contributed by atoms with van der Waals surface area (Å²) in [7, 11) is 0. The van der Waals surface area contributed by atoms with Crippen molar-refractivity contribution in [3.05, 3.63) is 47.3 Å². The highest BCUT2D eigenvalue weighted by Gasteiger charge is 2.06. The normalized spacial score (nSPS) is 10.0. The second-order valence-electron chi connectivity index (χ2n) is 3.78. The van der Waals surface area contributed by atoms with Crippen molar-refractivity contribution in [3.63, 3.8) is 0 Å². The van der Waals surface area contributed by atoms with E-state index in [4.69, 9.17) is 11.5 Å². The van der Waals surface area contributed by atoms with Crippen LogP contribution in [0.15, 0.2) is 30.3 Å². The topological polar surface area (TPSA) is 49.3 Å². The smallest absolute Gasteiger partial charge is 0.404 e. The number of terminal acetylenes is 1. The van der Waals surface area contributed by atoms with Gasteiger partial charge in [-0.05, 0) is 23.1 Å². The Kier molecular flexibility index (Phi) is 3.16. The minimum atomic E-state index is -1.08. The van der Waals surface area contributed by atoms with Gasteiger partial charge in [0.05, 0.1) is 5.56 Å². The van der Waals surface area contributed by atoms with E-state index in [-0.39, 0.29) is 12.1 Å². The Morgan fingerprint density at radius 1 is 1.39 bits per heavy atom. The van der Waals surface area contributed by atoms with E-state index < -0.39 is 11.9 Å². The van der Waals surface area contributed by atoms with Gasteiger partial charge in [0.15, 0.2) is 0 Å². The molecule has 0 radical (unpaired) electrons. The summed E-state index contributed by atoms with van der Waals surface area (Å²) in [6, 6.07) is 8.14. The number of halogens is 1. The third kappa shape index (κ3) is 2.25. The van der Waals surface area contributed by atoms with Crippen molar-refractivity contribution < 1.29 is 14.3 Å². The predicted octanol–water partition coefficient (Wildman–Crippen LogP) is 2.73. The molecule has 0 fully saturated rings. The standard InChI is InChI=1S/C14H10FNO2/c1-2-11-12-5-3-9(8-16-14(17)18)7-10(12)4-6-13(11)15/h1,3-7,16H,8H2,(H,17,18). The van der Waals surface area contributed by atoms with Gasteiger partial charge in [0.1, 0.15) is 5.82 Å². The van der Waals surface area contributed by atoms with Gasteiger partial charge in [-0.25, -0.2) is 9.18 Å². The van der Waals surface area contributed by atoms with Gasteiger partial charge in [-0.1, -0.05) is 24.1 Å².